The number of nitrogens with one attached hydrogen (secondary N) is 1. The third kappa shape index (κ3) is 4.71. The minimum absolute atomic E-state index is 0.222. The van der Waals surface area contributed by atoms with Crippen molar-refractivity contribution < 1.29 is 21.6 Å². The van der Waals surface area contributed by atoms with Crippen molar-refractivity contribution in [1.82, 2.24) is 5.32 Å². The van der Waals surface area contributed by atoms with Gasteiger partial charge in [-0.1, -0.05) is 19.1 Å². The maximum absolute atomic E-state index is 12.7. The first-order valence-electron chi connectivity index (χ1n) is 6.67. The highest BCUT2D eigenvalue weighted by molar-refractivity contribution is 7.92. The molecular formula is C14H20F3NO2S. The summed E-state index contributed by atoms with van der Waals surface area (Å²) in [5.74, 6) is -0.222. The Morgan fingerprint density at radius 1 is 1.29 bits per heavy atom. The first-order valence-corrected chi connectivity index (χ1v) is 8.39. The lowest BCUT2D eigenvalue weighted by atomic mass is 10.1. The molecule has 0 saturated heterocycles. The molecule has 0 bridgehead atoms. The van der Waals surface area contributed by atoms with Crippen molar-refractivity contribution in [2.45, 2.75) is 37.7 Å². The second-order valence-corrected chi connectivity index (χ2v) is 7.48. The van der Waals surface area contributed by atoms with E-state index in [4.69, 9.17) is 0 Å². The summed E-state index contributed by atoms with van der Waals surface area (Å²) in [6.07, 6.45) is -3.97. The standard InChI is InChI=1S/C14H20F3NO2S/c1-4-10(2)21(19,20)9-13(18-3)11-6-5-7-12(8-11)14(15,16)17/h5-8,10,13,18H,4,9H2,1-3H3. The zero-order valence-corrected chi connectivity index (χ0v) is 13.1. The Hall–Kier alpha value is -1.08. The molecule has 0 aromatic heterocycles. The van der Waals surface area contributed by atoms with E-state index in [1.807, 2.05) is 0 Å². The third-order valence-electron chi connectivity index (χ3n) is 3.55. The molecular weight excluding hydrogens is 303 g/mol. The molecule has 0 fully saturated rings. The predicted octanol–water partition coefficient (Wildman–Crippen LogP) is 3.18. The van der Waals surface area contributed by atoms with Crippen LogP contribution in [-0.4, -0.2) is 26.5 Å². The van der Waals surface area contributed by atoms with Gasteiger partial charge >= 0.3 is 6.18 Å². The summed E-state index contributed by atoms with van der Waals surface area (Å²) >= 11 is 0. The van der Waals surface area contributed by atoms with Crippen molar-refractivity contribution in [1.29, 1.82) is 0 Å². The van der Waals surface area contributed by atoms with Crippen LogP contribution in [0.25, 0.3) is 0 Å². The number of sulfone groups is 1. The van der Waals surface area contributed by atoms with Crippen LogP contribution in [0.1, 0.15) is 37.4 Å². The molecule has 1 N–H and O–H groups in total. The molecule has 2 unspecified atom stereocenters. The Morgan fingerprint density at radius 3 is 2.38 bits per heavy atom. The average molecular weight is 323 g/mol. The van der Waals surface area contributed by atoms with Gasteiger partial charge in [0.2, 0.25) is 0 Å². The molecule has 0 aliphatic heterocycles. The van der Waals surface area contributed by atoms with Gasteiger partial charge in [0.15, 0.2) is 9.84 Å². The maximum Gasteiger partial charge on any atom is 0.416 e. The van der Waals surface area contributed by atoms with E-state index in [-0.39, 0.29) is 5.75 Å². The molecule has 0 radical (unpaired) electrons. The summed E-state index contributed by atoms with van der Waals surface area (Å²) in [6.45, 7) is 3.37. The first-order chi connectivity index (χ1) is 9.61. The van der Waals surface area contributed by atoms with Crippen LogP contribution in [-0.2, 0) is 16.0 Å². The van der Waals surface area contributed by atoms with E-state index in [2.05, 4.69) is 5.32 Å². The van der Waals surface area contributed by atoms with Crippen LogP contribution in [0.15, 0.2) is 24.3 Å². The van der Waals surface area contributed by atoms with E-state index < -0.39 is 32.9 Å². The topological polar surface area (TPSA) is 46.2 Å². The van der Waals surface area contributed by atoms with Gasteiger partial charge in [0.25, 0.3) is 0 Å². The highest BCUT2D eigenvalue weighted by Crippen LogP contribution is 2.31. The fraction of sp³-hybridized carbons (Fsp3) is 0.571. The lowest BCUT2D eigenvalue weighted by molar-refractivity contribution is -0.137. The average Bonchev–Trinajstić information content (AvgIpc) is 2.43. The largest absolute Gasteiger partial charge is 0.416 e. The number of alkyl halides is 3. The molecule has 1 rings (SSSR count). The lowest BCUT2D eigenvalue weighted by Crippen LogP contribution is -2.30. The molecule has 1 aromatic carbocycles. The van der Waals surface area contributed by atoms with E-state index in [1.165, 1.54) is 19.2 Å². The van der Waals surface area contributed by atoms with Crippen LogP contribution in [0.4, 0.5) is 13.2 Å². The number of hydrogen-bond acceptors (Lipinski definition) is 3. The second kappa shape index (κ2) is 6.79. The number of benzene rings is 1. The quantitative estimate of drug-likeness (QED) is 0.874. The monoisotopic (exact) mass is 323 g/mol. The Balaban J connectivity index is 3.07. The third-order valence-corrected chi connectivity index (χ3v) is 5.91. The van der Waals surface area contributed by atoms with Gasteiger partial charge in [-0.05, 0) is 38.1 Å². The molecule has 2 atom stereocenters. The molecule has 120 valence electrons. The van der Waals surface area contributed by atoms with Crippen molar-refractivity contribution in [3.05, 3.63) is 35.4 Å². The summed E-state index contributed by atoms with van der Waals surface area (Å²) in [6, 6.07) is 4.10. The van der Waals surface area contributed by atoms with Gasteiger partial charge < -0.3 is 5.32 Å². The molecule has 21 heavy (non-hydrogen) atoms. The fourth-order valence-electron chi connectivity index (χ4n) is 1.93. The van der Waals surface area contributed by atoms with E-state index in [9.17, 15) is 21.6 Å². The Bertz CT molecular complexity index is 570. The molecule has 3 nitrogen and oxygen atoms in total. The maximum atomic E-state index is 12.7. The summed E-state index contributed by atoms with van der Waals surface area (Å²) in [4.78, 5) is 0. The molecule has 0 aliphatic rings. The Kier molecular flexibility index (Phi) is 5.81. The minimum atomic E-state index is -4.44. The van der Waals surface area contributed by atoms with E-state index in [0.29, 0.717) is 12.0 Å². The summed E-state index contributed by atoms with van der Waals surface area (Å²) < 4.78 is 62.4. The number of hydrogen-bond donors (Lipinski definition) is 1. The van der Waals surface area contributed by atoms with E-state index >= 15 is 0 Å². The van der Waals surface area contributed by atoms with Crippen molar-refractivity contribution >= 4 is 9.84 Å². The van der Waals surface area contributed by atoms with Crippen molar-refractivity contribution in [3.63, 3.8) is 0 Å². The van der Waals surface area contributed by atoms with Crippen LogP contribution >= 0.6 is 0 Å². The van der Waals surface area contributed by atoms with Crippen LogP contribution in [0.2, 0.25) is 0 Å². The highest BCUT2D eigenvalue weighted by atomic mass is 32.2. The Morgan fingerprint density at radius 2 is 1.90 bits per heavy atom. The van der Waals surface area contributed by atoms with Crippen molar-refractivity contribution in [2.75, 3.05) is 12.8 Å². The first kappa shape index (κ1) is 18.0. The van der Waals surface area contributed by atoms with Crippen LogP contribution < -0.4 is 5.32 Å². The van der Waals surface area contributed by atoms with Gasteiger partial charge in [-0.3, -0.25) is 0 Å². The van der Waals surface area contributed by atoms with Crippen molar-refractivity contribution in [3.8, 4) is 0 Å². The van der Waals surface area contributed by atoms with Gasteiger partial charge in [0.05, 0.1) is 16.6 Å². The second-order valence-electron chi connectivity index (χ2n) is 5.01. The van der Waals surface area contributed by atoms with Crippen molar-refractivity contribution in [2.24, 2.45) is 0 Å². The summed E-state index contributed by atoms with van der Waals surface area (Å²) in [5, 5.41) is 2.27. The van der Waals surface area contributed by atoms with E-state index in [1.54, 1.807) is 13.8 Å². The van der Waals surface area contributed by atoms with Gasteiger partial charge in [0.1, 0.15) is 0 Å². The molecule has 0 aliphatic carbocycles. The lowest BCUT2D eigenvalue weighted by Gasteiger charge is -2.20. The van der Waals surface area contributed by atoms with Gasteiger partial charge in [0, 0.05) is 6.04 Å². The molecule has 0 amide bonds. The van der Waals surface area contributed by atoms with Gasteiger partial charge in [-0.25, -0.2) is 8.42 Å². The molecule has 0 heterocycles. The van der Waals surface area contributed by atoms with Gasteiger partial charge in [-0.15, -0.1) is 0 Å². The van der Waals surface area contributed by atoms with Crippen LogP contribution in [0, 0.1) is 0 Å². The molecule has 1 aromatic rings. The normalized spacial score (nSPS) is 15.7. The predicted molar refractivity (Wildman–Crippen MR) is 76.8 cm³/mol. The zero-order valence-electron chi connectivity index (χ0n) is 12.2. The summed E-state index contributed by atoms with van der Waals surface area (Å²) in [5.41, 5.74) is -0.458. The SMILES string of the molecule is CCC(C)S(=O)(=O)CC(NC)c1cccc(C(F)(F)F)c1. The molecule has 7 heteroatoms. The van der Waals surface area contributed by atoms with Crippen LogP contribution in [0.5, 0.6) is 0 Å². The number of rotatable bonds is 6. The summed E-state index contributed by atoms with van der Waals surface area (Å²) in [7, 11) is -1.82. The fourth-order valence-corrected chi connectivity index (χ4v) is 3.59. The number of halogens is 3. The van der Waals surface area contributed by atoms with Crippen LogP contribution in [0.3, 0.4) is 0 Å². The Labute approximate surface area is 123 Å². The highest BCUT2D eigenvalue weighted by Gasteiger charge is 2.31. The van der Waals surface area contributed by atoms with E-state index in [0.717, 1.165) is 12.1 Å². The molecule has 0 saturated carbocycles. The smallest absolute Gasteiger partial charge is 0.312 e. The molecule has 0 spiro atoms. The minimum Gasteiger partial charge on any atom is -0.312 e. The zero-order chi connectivity index (χ0) is 16.3. The van der Waals surface area contributed by atoms with Gasteiger partial charge in [-0.2, -0.15) is 13.2 Å².